The van der Waals surface area contributed by atoms with E-state index in [4.69, 9.17) is 9.31 Å². The lowest BCUT2D eigenvalue weighted by Gasteiger charge is -2.34. The monoisotopic (exact) mass is 1680 g/mol. The minimum Gasteiger partial charge on any atom is -0.399 e. The van der Waals surface area contributed by atoms with E-state index in [1.807, 2.05) is 12.1 Å². The Balaban J connectivity index is 0.000000137. The fourth-order valence-corrected chi connectivity index (χ4v) is 19.6. The average Bonchev–Trinajstić information content (AvgIpc) is 1.54. The van der Waals surface area contributed by atoms with E-state index in [0.717, 1.165) is 36.9 Å². The number of halogens is 3. The Morgan fingerprint density at radius 1 is 0.268 bits per heavy atom. The Morgan fingerprint density at radius 3 is 1.04 bits per heavy atom. The van der Waals surface area contributed by atoms with Gasteiger partial charge in [-0.2, -0.15) is 0 Å². The number of rotatable bonds is 10. The first kappa shape index (κ1) is 71.1. The Morgan fingerprint density at radius 2 is 0.616 bits per heavy atom. The molecule has 8 heteroatoms. The second-order valence-electron chi connectivity index (χ2n) is 30.4. The number of para-hydroxylation sites is 2. The lowest BCUT2D eigenvalue weighted by atomic mass is 9.67. The third kappa shape index (κ3) is 12.1. The Kier molecular flexibility index (Phi) is 18.3. The molecule has 3 aliphatic rings. The van der Waals surface area contributed by atoms with Crippen molar-refractivity contribution >= 4 is 111 Å². The fraction of sp³-hybridized carbons (Fsp3) is 0.0769. The van der Waals surface area contributed by atoms with Crippen LogP contribution in [0, 0.1) is 3.57 Å². The molecule has 1 saturated heterocycles. The largest absolute Gasteiger partial charge is 0.494 e. The quantitative estimate of drug-likeness (QED) is 0.101. The molecule has 0 spiro atoms. The molecule has 2 aromatic heterocycles. The van der Waals surface area contributed by atoms with E-state index in [1.165, 1.54) is 136 Å². The van der Waals surface area contributed by atoms with Gasteiger partial charge in [0.2, 0.25) is 0 Å². The van der Waals surface area contributed by atoms with Gasteiger partial charge >= 0.3 is 7.12 Å². The van der Waals surface area contributed by atoms with Crippen LogP contribution in [0.5, 0.6) is 0 Å². The van der Waals surface area contributed by atoms with E-state index < -0.39 is 29.2 Å². The van der Waals surface area contributed by atoms with E-state index in [1.54, 1.807) is 0 Å². The van der Waals surface area contributed by atoms with Crippen LogP contribution < -0.4 is 5.46 Å². The van der Waals surface area contributed by atoms with E-state index in [2.05, 4.69) is 467 Å². The summed E-state index contributed by atoms with van der Waals surface area (Å²) in [6, 6.07) is 142. The first-order chi connectivity index (χ1) is 54.7. The normalized spacial score (nSPS) is 14.4. The molecule has 0 unspecified atom stereocenters. The SMILES string of the molecule is Brc1cccc(-c2cccc(-c3ccc4c5ccccc5n(-c5ccc6c(c5)C(c5ccccc5)(c5ccccc5)c5ccccc5-6)c4c3)c2)c1.Brc1cccc(I)c1.CC1(C)OB(c2cccc(-c3ccc4c5ccccc5n(-c5ccc6c(c5)C(c5ccccc5)(c5ccccc5)c5ccccc5-6)c4c3)c2)OC1(C)C. The lowest BCUT2D eigenvalue weighted by Crippen LogP contribution is -2.41. The summed E-state index contributed by atoms with van der Waals surface area (Å²) < 4.78 is 21.3. The summed E-state index contributed by atoms with van der Waals surface area (Å²) in [4.78, 5) is 0. The van der Waals surface area contributed by atoms with Crippen LogP contribution in [-0.4, -0.2) is 27.5 Å². The number of nitrogens with zero attached hydrogens (tertiary/aromatic N) is 2. The van der Waals surface area contributed by atoms with Crippen molar-refractivity contribution in [2.45, 2.75) is 49.7 Å². The van der Waals surface area contributed by atoms with Gasteiger partial charge < -0.3 is 18.4 Å². The highest BCUT2D eigenvalue weighted by atomic mass is 127. The average molecular weight is 1680 g/mol. The van der Waals surface area contributed by atoms with Gasteiger partial charge in [0, 0.05) is 45.4 Å². The number of fused-ring (bicyclic) bond motifs is 12. The van der Waals surface area contributed by atoms with Crippen LogP contribution in [0.2, 0.25) is 0 Å². The van der Waals surface area contributed by atoms with Crippen LogP contribution in [-0.2, 0) is 20.1 Å². The summed E-state index contributed by atoms with van der Waals surface area (Å²) in [6.45, 7) is 8.41. The second-order valence-corrected chi connectivity index (χ2v) is 33.5. The summed E-state index contributed by atoms with van der Waals surface area (Å²) in [7, 11) is -0.417. The number of aromatic nitrogens is 2. The topological polar surface area (TPSA) is 28.3 Å². The summed E-state index contributed by atoms with van der Waals surface area (Å²) >= 11 is 9.29. The zero-order valence-electron chi connectivity index (χ0n) is 62.4. The molecule has 538 valence electrons. The Labute approximate surface area is 685 Å². The van der Waals surface area contributed by atoms with Crippen molar-refractivity contribution in [2.75, 3.05) is 0 Å². The molecule has 1 aliphatic heterocycles. The molecule has 1 fully saturated rings. The van der Waals surface area contributed by atoms with Gasteiger partial charge in [-0.25, -0.2) is 0 Å². The molecular weight excluding hydrogens is 1610 g/mol. The van der Waals surface area contributed by atoms with Crippen molar-refractivity contribution in [3.05, 3.63) is 445 Å². The van der Waals surface area contributed by atoms with Gasteiger partial charge in [0.15, 0.2) is 0 Å². The molecule has 0 radical (unpaired) electrons. The van der Waals surface area contributed by atoms with Crippen molar-refractivity contribution in [1.29, 1.82) is 0 Å². The molecule has 0 N–H and O–H groups in total. The molecule has 3 heterocycles. The van der Waals surface area contributed by atoms with Gasteiger partial charge in [-0.1, -0.05) is 335 Å². The van der Waals surface area contributed by atoms with Crippen molar-refractivity contribution in [3.63, 3.8) is 0 Å². The van der Waals surface area contributed by atoms with Crippen LogP contribution in [0.15, 0.2) is 397 Å². The third-order valence-corrected chi connectivity index (χ3v) is 25.3. The van der Waals surface area contributed by atoms with Crippen LogP contribution in [0.4, 0.5) is 0 Å². The van der Waals surface area contributed by atoms with Gasteiger partial charge in [-0.05, 0) is 241 Å². The number of benzene rings is 16. The van der Waals surface area contributed by atoms with Crippen LogP contribution in [0.3, 0.4) is 0 Å². The summed E-state index contributed by atoms with van der Waals surface area (Å²) in [5.41, 5.74) is 28.9. The zero-order valence-corrected chi connectivity index (χ0v) is 67.7. The molecule has 18 aromatic rings. The molecule has 2 aliphatic carbocycles. The van der Waals surface area contributed by atoms with E-state index in [0.29, 0.717) is 0 Å². The van der Waals surface area contributed by atoms with Crippen molar-refractivity contribution < 1.29 is 9.31 Å². The fourth-order valence-electron chi connectivity index (χ4n) is 17.8. The van der Waals surface area contributed by atoms with E-state index >= 15 is 0 Å². The van der Waals surface area contributed by atoms with Crippen LogP contribution in [0.1, 0.15) is 72.2 Å². The molecular formula is C104H76BBr2IN2O2. The highest BCUT2D eigenvalue weighted by Gasteiger charge is 2.52. The standard InChI is InChI=1S/C49H40BNO2.C49H32BrN.C6H4BrI/c1-47(2)48(3,4)53-50(52-47)37-21-15-16-33(30-37)34-26-28-42-41-23-12-14-25-45(41)51(46(42)31-34)38-27-29-40-39-22-11-13-24-43(39)49(44(40)32-38,35-17-7-5-8-18-35)36-19-9-6-10-20-36;50-39-20-12-15-35(30-39)33-13-11-14-34(29-33)36-25-27-44-43-22-8-10-24-47(43)51(48(44)31-36)40-26-28-42-41-21-7-9-23-45(41)49(46(42)32-40,37-16-3-1-4-17-37)38-18-5-2-6-19-38;7-5-2-1-3-6(8)4-5/h5-32H,1-4H3;1-32H;1-4H. The summed E-state index contributed by atoms with van der Waals surface area (Å²) in [5.74, 6) is 0. The van der Waals surface area contributed by atoms with Gasteiger partial charge in [0.1, 0.15) is 0 Å². The number of hydrogen-bond donors (Lipinski definition) is 0. The molecule has 0 bridgehead atoms. The van der Waals surface area contributed by atoms with Crippen molar-refractivity contribution in [2.24, 2.45) is 0 Å². The molecule has 0 atom stereocenters. The number of hydrogen-bond acceptors (Lipinski definition) is 2. The molecule has 0 saturated carbocycles. The van der Waals surface area contributed by atoms with E-state index in [-0.39, 0.29) is 0 Å². The van der Waals surface area contributed by atoms with Crippen LogP contribution in [0.25, 0.3) is 111 Å². The zero-order chi connectivity index (χ0) is 75.9. The molecule has 21 rings (SSSR count). The van der Waals surface area contributed by atoms with Crippen molar-refractivity contribution in [1.82, 2.24) is 9.13 Å². The predicted octanol–water partition coefficient (Wildman–Crippen LogP) is 27.4. The molecule has 112 heavy (non-hydrogen) atoms. The first-order valence-electron chi connectivity index (χ1n) is 38.3. The summed E-state index contributed by atoms with van der Waals surface area (Å²) in [6.07, 6.45) is 0. The second kappa shape index (κ2) is 28.8. The van der Waals surface area contributed by atoms with Crippen molar-refractivity contribution in [3.8, 4) is 67.0 Å². The van der Waals surface area contributed by atoms with E-state index in [9.17, 15) is 0 Å². The minimum atomic E-state index is -0.470. The Hall–Kier alpha value is -11.2. The van der Waals surface area contributed by atoms with Gasteiger partial charge in [0.05, 0.1) is 44.1 Å². The smallest absolute Gasteiger partial charge is 0.399 e. The predicted molar refractivity (Wildman–Crippen MR) is 483 cm³/mol. The van der Waals surface area contributed by atoms with Gasteiger partial charge in [0.25, 0.3) is 0 Å². The lowest BCUT2D eigenvalue weighted by molar-refractivity contribution is 0.00578. The highest BCUT2D eigenvalue weighted by Crippen LogP contribution is 2.59. The maximum Gasteiger partial charge on any atom is 0.494 e. The molecule has 4 nitrogen and oxygen atoms in total. The minimum absolute atomic E-state index is 0.399. The maximum absolute atomic E-state index is 6.44. The third-order valence-electron chi connectivity index (χ3n) is 23.6. The maximum atomic E-state index is 6.44. The first-order valence-corrected chi connectivity index (χ1v) is 40.9. The highest BCUT2D eigenvalue weighted by molar-refractivity contribution is 14.1. The van der Waals surface area contributed by atoms with Gasteiger partial charge in [-0.15, -0.1) is 0 Å². The summed E-state index contributed by atoms with van der Waals surface area (Å²) in [5, 5.41) is 4.97. The van der Waals surface area contributed by atoms with Crippen LogP contribution >= 0.6 is 54.5 Å². The Bertz CT molecular complexity index is 6540. The van der Waals surface area contributed by atoms with Gasteiger partial charge in [-0.3, -0.25) is 0 Å². The molecule has 0 amide bonds. The molecule has 16 aromatic carbocycles.